The van der Waals surface area contributed by atoms with Gasteiger partial charge in [-0.2, -0.15) is 5.10 Å². The number of hydrogen-bond acceptors (Lipinski definition) is 5. The molecule has 2 aromatic carbocycles. The second kappa shape index (κ2) is 8.17. The van der Waals surface area contributed by atoms with Gasteiger partial charge in [0.15, 0.2) is 0 Å². The Kier molecular flexibility index (Phi) is 5.27. The number of amides is 1. The van der Waals surface area contributed by atoms with E-state index in [1.807, 2.05) is 26.8 Å². The van der Waals surface area contributed by atoms with Crippen molar-refractivity contribution in [2.45, 2.75) is 51.9 Å². The molecular formula is C27H27N3O4. The number of furan rings is 1. The van der Waals surface area contributed by atoms with Crippen LogP contribution in [-0.4, -0.2) is 22.2 Å². The molecule has 0 fully saturated rings. The van der Waals surface area contributed by atoms with Crippen LogP contribution in [-0.2, 0) is 18.3 Å². The number of benzene rings is 2. The molecule has 174 valence electrons. The number of phenols is 1. The van der Waals surface area contributed by atoms with Gasteiger partial charge in [-0.15, -0.1) is 0 Å². The number of hydrogen-bond donors (Lipinski definition) is 3. The number of para-hydroxylation sites is 1. The maximum absolute atomic E-state index is 12.9. The first-order valence-electron chi connectivity index (χ1n) is 11.5. The highest BCUT2D eigenvalue weighted by molar-refractivity contribution is 6.07. The highest BCUT2D eigenvalue weighted by Gasteiger charge is 2.27. The average molecular weight is 458 g/mol. The molecule has 0 atom stereocenters. The molecule has 0 spiro atoms. The third-order valence-corrected chi connectivity index (χ3v) is 6.42. The number of aryl methyl sites for hydroxylation is 2. The fraction of sp³-hybridized carbons (Fsp3) is 0.296. The second-order valence-electron chi connectivity index (χ2n) is 9.81. The van der Waals surface area contributed by atoms with E-state index in [0.717, 1.165) is 53.5 Å². The molecule has 0 saturated carbocycles. The summed E-state index contributed by atoms with van der Waals surface area (Å²) in [5.74, 6) is 0.588. The second-order valence-corrected chi connectivity index (χ2v) is 9.81. The highest BCUT2D eigenvalue weighted by atomic mass is 16.3. The van der Waals surface area contributed by atoms with Crippen LogP contribution in [0.1, 0.15) is 66.4 Å². The van der Waals surface area contributed by atoms with Gasteiger partial charge in [-0.1, -0.05) is 39.0 Å². The zero-order chi connectivity index (χ0) is 24.0. The summed E-state index contributed by atoms with van der Waals surface area (Å²) in [7, 11) is 0. The molecule has 5 rings (SSSR count). The van der Waals surface area contributed by atoms with Crippen molar-refractivity contribution in [3.63, 3.8) is 0 Å². The first-order chi connectivity index (χ1) is 16.2. The molecule has 0 saturated heterocycles. The Bertz CT molecular complexity index is 1520. The molecule has 7 heteroatoms. The molecule has 7 nitrogen and oxygen atoms in total. The standard InChI is InChI=1S/C27H27N3O4/c1-27(2,3)19-13-22-24(16-9-5-7-11-21(16)34-22)18(25(19)32)14-28-30-26(33)17-12-23(31)29-20-10-6-4-8-15(17)20/h4,6,8,10,12-14,32H,5,7,9,11H2,1-3H3,(H,29,31)(H,30,33)/b28-14-. The number of aromatic amines is 1. The Balaban J connectivity index is 1.57. The third kappa shape index (κ3) is 3.77. The van der Waals surface area contributed by atoms with Crippen LogP contribution >= 0.6 is 0 Å². The fourth-order valence-corrected chi connectivity index (χ4v) is 4.75. The molecule has 2 aromatic heterocycles. The monoisotopic (exact) mass is 457 g/mol. The van der Waals surface area contributed by atoms with E-state index in [2.05, 4.69) is 15.5 Å². The van der Waals surface area contributed by atoms with Gasteiger partial charge in [0.05, 0.1) is 11.8 Å². The van der Waals surface area contributed by atoms with Crippen molar-refractivity contribution >= 4 is 34.0 Å². The third-order valence-electron chi connectivity index (χ3n) is 6.42. The molecule has 34 heavy (non-hydrogen) atoms. The molecule has 1 aliphatic rings. The van der Waals surface area contributed by atoms with Crippen molar-refractivity contribution in [1.29, 1.82) is 0 Å². The molecule has 2 heterocycles. The maximum Gasteiger partial charge on any atom is 0.272 e. The van der Waals surface area contributed by atoms with Crippen LogP contribution in [0.25, 0.3) is 21.9 Å². The van der Waals surface area contributed by atoms with Crippen molar-refractivity contribution in [1.82, 2.24) is 10.4 Å². The number of rotatable bonds is 3. The highest BCUT2D eigenvalue weighted by Crippen LogP contribution is 2.42. The quantitative estimate of drug-likeness (QED) is 0.300. The first kappa shape index (κ1) is 21.9. The summed E-state index contributed by atoms with van der Waals surface area (Å²) in [6.45, 7) is 6.08. The number of carbonyl (C=O) groups excluding carboxylic acids is 1. The summed E-state index contributed by atoms with van der Waals surface area (Å²) in [6, 6.07) is 10.3. The number of aromatic hydroxyl groups is 1. The van der Waals surface area contributed by atoms with Crippen LogP contribution in [0, 0.1) is 0 Å². The summed E-state index contributed by atoms with van der Waals surface area (Å²) in [6.07, 6.45) is 5.37. The van der Waals surface area contributed by atoms with Crippen LogP contribution < -0.4 is 11.0 Å². The lowest BCUT2D eigenvalue weighted by Gasteiger charge is -2.21. The number of fused-ring (bicyclic) bond motifs is 4. The van der Waals surface area contributed by atoms with Crippen molar-refractivity contribution < 1.29 is 14.3 Å². The van der Waals surface area contributed by atoms with Crippen LogP contribution in [0.3, 0.4) is 0 Å². The number of H-pyrrole nitrogens is 1. The fourth-order valence-electron chi connectivity index (χ4n) is 4.75. The molecule has 4 aromatic rings. The average Bonchev–Trinajstić information content (AvgIpc) is 3.17. The minimum absolute atomic E-state index is 0.133. The zero-order valence-corrected chi connectivity index (χ0v) is 19.5. The van der Waals surface area contributed by atoms with Gasteiger partial charge in [-0.3, -0.25) is 9.59 Å². The number of nitrogens with one attached hydrogen (secondary N) is 2. The Hall–Kier alpha value is -3.87. The molecular weight excluding hydrogens is 430 g/mol. The van der Waals surface area contributed by atoms with E-state index < -0.39 is 5.91 Å². The Morgan fingerprint density at radius 2 is 1.94 bits per heavy atom. The van der Waals surface area contributed by atoms with E-state index in [9.17, 15) is 14.7 Å². The molecule has 1 amide bonds. The largest absolute Gasteiger partial charge is 0.507 e. The number of nitrogens with zero attached hydrogens (tertiary/aromatic N) is 1. The normalized spacial score (nSPS) is 14.1. The number of phenolic OH excluding ortho intramolecular Hbond substituents is 1. The van der Waals surface area contributed by atoms with Gasteiger partial charge >= 0.3 is 0 Å². The van der Waals surface area contributed by atoms with Crippen LogP contribution in [0.15, 0.2) is 50.7 Å². The minimum Gasteiger partial charge on any atom is -0.507 e. The smallest absolute Gasteiger partial charge is 0.272 e. The van der Waals surface area contributed by atoms with Crippen LogP contribution in [0.4, 0.5) is 0 Å². The van der Waals surface area contributed by atoms with Gasteiger partial charge in [0.25, 0.3) is 5.91 Å². The van der Waals surface area contributed by atoms with Gasteiger partial charge in [-0.25, -0.2) is 5.43 Å². The van der Waals surface area contributed by atoms with E-state index in [1.165, 1.54) is 12.3 Å². The van der Waals surface area contributed by atoms with Gasteiger partial charge in [0.2, 0.25) is 5.56 Å². The molecule has 1 aliphatic carbocycles. The predicted octanol–water partition coefficient (Wildman–Crippen LogP) is 4.92. The molecule has 0 aliphatic heterocycles. The van der Waals surface area contributed by atoms with E-state index in [4.69, 9.17) is 4.42 Å². The SMILES string of the molecule is CC(C)(C)c1cc2oc3c(c2c(/C=N\NC(=O)c2cc(=O)[nH]c4ccccc24)c1O)CCCC3. The minimum atomic E-state index is -0.504. The molecule has 0 radical (unpaired) electrons. The Morgan fingerprint density at radius 1 is 1.18 bits per heavy atom. The topological polar surface area (TPSA) is 108 Å². The first-order valence-corrected chi connectivity index (χ1v) is 11.5. The summed E-state index contributed by atoms with van der Waals surface area (Å²) >= 11 is 0. The summed E-state index contributed by atoms with van der Waals surface area (Å²) in [5.41, 5.74) is 5.76. The van der Waals surface area contributed by atoms with Crippen molar-refractivity contribution in [2.75, 3.05) is 0 Å². The van der Waals surface area contributed by atoms with E-state index >= 15 is 0 Å². The Morgan fingerprint density at radius 3 is 2.74 bits per heavy atom. The van der Waals surface area contributed by atoms with Crippen LogP contribution in [0.5, 0.6) is 5.75 Å². The molecule has 3 N–H and O–H groups in total. The molecule has 0 unspecified atom stereocenters. The van der Waals surface area contributed by atoms with Crippen LogP contribution in [0.2, 0.25) is 0 Å². The number of pyridine rings is 1. The van der Waals surface area contributed by atoms with Crippen molar-refractivity contribution in [3.8, 4) is 5.75 Å². The maximum atomic E-state index is 12.9. The lowest BCUT2D eigenvalue weighted by molar-refractivity contribution is 0.0956. The Labute approximate surface area is 196 Å². The van der Waals surface area contributed by atoms with E-state index in [0.29, 0.717) is 16.5 Å². The van der Waals surface area contributed by atoms with E-state index in [1.54, 1.807) is 24.3 Å². The van der Waals surface area contributed by atoms with Gasteiger partial charge in [0, 0.05) is 45.5 Å². The van der Waals surface area contributed by atoms with Gasteiger partial charge < -0.3 is 14.5 Å². The number of carbonyl (C=O) groups is 1. The van der Waals surface area contributed by atoms with Crippen molar-refractivity contribution in [3.05, 3.63) is 74.8 Å². The van der Waals surface area contributed by atoms with E-state index in [-0.39, 0.29) is 22.3 Å². The summed E-state index contributed by atoms with van der Waals surface area (Å²) < 4.78 is 6.18. The number of aromatic nitrogens is 1. The summed E-state index contributed by atoms with van der Waals surface area (Å²) in [5, 5.41) is 16.9. The van der Waals surface area contributed by atoms with Gasteiger partial charge in [0.1, 0.15) is 17.1 Å². The lowest BCUT2D eigenvalue weighted by Crippen LogP contribution is -2.21. The summed E-state index contributed by atoms with van der Waals surface area (Å²) in [4.78, 5) is 27.6. The predicted molar refractivity (Wildman–Crippen MR) is 133 cm³/mol. The number of hydrazone groups is 1. The van der Waals surface area contributed by atoms with Gasteiger partial charge in [-0.05, 0) is 36.8 Å². The zero-order valence-electron chi connectivity index (χ0n) is 19.5. The van der Waals surface area contributed by atoms with Crippen molar-refractivity contribution in [2.24, 2.45) is 5.10 Å². The molecule has 0 bridgehead atoms. The lowest BCUT2D eigenvalue weighted by atomic mass is 9.83.